The van der Waals surface area contributed by atoms with Crippen molar-refractivity contribution in [3.05, 3.63) is 70.8 Å². The Morgan fingerprint density at radius 2 is 1.53 bits per heavy atom. The van der Waals surface area contributed by atoms with Crippen LogP contribution in [0.1, 0.15) is 83.1 Å². The lowest BCUT2D eigenvalue weighted by Crippen LogP contribution is -2.35. The van der Waals surface area contributed by atoms with E-state index < -0.39 is 11.4 Å². The average molecular weight is 493 g/mol. The molecule has 1 atom stereocenters. The van der Waals surface area contributed by atoms with E-state index in [0.29, 0.717) is 13.0 Å². The first-order valence-corrected chi connectivity index (χ1v) is 13.4. The Labute approximate surface area is 217 Å². The van der Waals surface area contributed by atoms with Gasteiger partial charge in [0.05, 0.1) is 11.5 Å². The number of amides is 2. The summed E-state index contributed by atoms with van der Waals surface area (Å²) < 4.78 is 0. The predicted octanol–water partition coefficient (Wildman–Crippen LogP) is 6.68. The van der Waals surface area contributed by atoms with E-state index in [1.165, 1.54) is 16.7 Å². The Morgan fingerprint density at radius 1 is 0.944 bits per heavy atom. The van der Waals surface area contributed by atoms with E-state index in [1.807, 2.05) is 4.90 Å². The minimum Gasteiger partial charge on any atom is -0.481 e. The third-order valence-electron chi connectivity index (χ3n) is 7.30. The minimum atomic E-state index is -0.773. The summed E-state index contributed by atoms with van der Waals surface area (Å²) in [6, 6.07) is 17.4. The van der Waals surface area contributed by atoms with Gasteiger partial charge in [-0.3, -0.25) is 4.79 Å². The quantitative estimate of drug-likeness (QED) is 0.381. The van der Waals surface area contributed by atoms with Crippen LogP contribution in [0.25, 0.3) is 0 Å². The van der Waals surface area contributed by atoms with Crippen LogP contribution in [0.3, 0.4) is 0 Å². The summed E-state index contributed by atoms with van der Waals surface area (Å²) >= 11 is 0. The summed E-state index contributed by atoms with van der Waals surface area (Å²) in [6.07, 6.45) is 4.45. The average Bonchev–Trinajstić information content (AvgIpc) is 3.09. The number of aryl methyl sites for hydroxylation is 1. The number of urea groups is 1. The zero-order valence-electron chi connectivity index (χ0n) is 23.0. The molecule has 0 spiro atoms. The maximum absolute atomic E-state index is 13.2. The predicted molar refractivity (Wildman–Crippen MR) is 146 cm³/mol. The van der Waals surface area contributed by atoms with Crippen molar-refractivity contribution < 1.29 is 14.7 Å². The van der Waals surface area contributed by atoms with Gasteiger partial charge >= 0.3 is 12.0 Å². The largest absolute Gasteiger partial charge is 0.481 e. The highest BCUT2D eigenvalue weighted by Gasteiger charge is 2.36. The third-order valence-corrected chi connectivity index (χ3v) is 7.30. The van der Waals surface area contributed by atoms with Crippen LogP contribution in [0.5, 0.6) is 0 Å². The van der Waals surface area contributed by atoms with E-state index in [2.05, 4.69) is 81.1 Å². The molecule has 0 radical (unpaired) electrons. The summed E-state index contributed by atoms with van der Waals surface area (Å²) in [4.78, 5) is 28.7. The van der Waals surface area contributed by atoms with Crippen molar-refractivity contribution in [3.63, 3.8) is 0 Å². The highest BCUT2D eigenvalue weighted by Crippen LogP contribution is 2.26. The molecular weight excluding hydrogens is 448 g/mol. The number of carboxylic acid groups (broad SMARTS) is 1. The van der Waals surface area contributed by atoms with Crippen LogP contribution in [-0.4, -0.2) is 46.0 Å². The molecule has 2 amide bonds. The van der Waals surface area contributed by atoms with Crippen LogP contribution in [0.2, 0.25) is 0 Å². The van der Waals surface area contributed by atoms with Gasteiger partial charge < -0.3 is 14.9 Å². The van der Waals surface area contributed by atoms with Crippen LogP contribution >= 0.6 is 0 Å². The number of carbonyl (C=O) groups is 2. The third kappa shape index (κ3) is 7.11. The van der Waals surface area contributed by atoms with Gasteiger partial charge in [-0.25, -0.2) is 4.79 Å². The van der Waals surface area contributed by atoms with E-state index >= 15 is 0 Å². The number of aliphatic carboxylic acids is 1. The van der Waals surface area contributed by atoms with E-state index in [0.717, 1.165) is 44.3 Å². The van der Waals surface area contributed by atoms with Crippen molar-refractivity contribution in [2.45, 2.75) is 91.6 Å². The van der Waals surface area contributed by atoms with Crippen molar-refractivity contribution >= 4 is 12.0 Å². The molecule has 0 aromatic heterocycles. The molecule has 2 aromatic carbocycles. The van der Waals surface area contributed by atoms with Gasteiger partial charge in [-0.15, -0.1) is 0 Å². The van der Waals surface area contributed by atoms with Crippen molar-refractivity contribution in [3.8, 4) is 0 Å². The van der Waals surface area contributed by atoms with Crippen LogP contribution < -0.4 is 0 Å². The molecule has 1 aliphatic heterocycles. The highest BCUT2D eigenvalue weighted by molar-refractivity contribution is 5.77. The minimum absolute atomic E-state index is 0.125. The Hall–Kier alpha value is -2.82. The van der Waals surface area contributed by atoms with Crippen molar-refractivity contribution in [2.24, 2.45) is 5.41 Å². The van der Waals surface area contributed by atoms with E-state index in [-0.39, 0.29) is 17.5 Å². The van der Waals surface area contributed by atoms with Gasteiger partial charge in [0.25, 0.3) is 0 Å². The molecule has 1 aliphatic rings. The second kappa shape index (κ2) is 11.5. The number of hydrogen-bond donors (Lipinski definition) is 1. The highest BCUT2D eigenvalue weighted by atomic mass is 16.4. The van der Waals surface area contributed by atoms with Crippen LogP contribution in [0.4, 0.5) is 4.79 Å². The molecule has 0 aliphatic carbocycles. The Balaban J connectivity index is 1.55. The summed E-state index contributed by atoms with van der Waals surface area (Å²) in [5.74, 6) is -0.773. The van der Waals surface area contributed by atoms with Gasteiger partial charge in [-0.2, -0.15) is 0 Å². The molecule has 1 unspecified atom stereocenters. The lowest BCUT2D eigenvalue weighted by Gasteiger charge is -2.23. The lowest BCUT2D eigenvalue weighted by atomic mass is 9.85. The standard InChI is InChI=1S/C31H44N2O3/c1-7-19-33-27(10-8-9-23-11-13-24(14-12-23)20-31(5,6)28(34)35)22-32(29(33)36)21-25-15-17-26(18-16-25)30(2,3)4/h11-18,27H,7-10,19-22H2,1-6H3,(H,34,35). The normalized spacial score (nSPS) is 16.6. The maximum atomic E-state index is 13.2. The number of hydrogen-bond acceptors (Lipinski definition) is 2. The zero-order chi connectivity index (χ0) is 26.5. The monoisotopic (exact) mass is 492 g/mol. The molecule has 1 N–H and O–H groups in total. The second-order valence-electron chi connectivity index (χ2n) is 12.0. The Kier molecular flexibility index (Phi) is 8.86. The lowest BCUT2D eigenvalue weighted by molar-refractivity contribution is -0.146. The summed E-state index contributed by atoms with van der Waals surface area (Å²) in [6.45, 7) is 14.5. The topological polar surface area (TPSA) is 60.9 Å². The van der Waals surface area contributed by atoms with E-state index in [4.69, 9.17) is 0 Å². The molecule has 2 aromatic rings. The fourth-order valence-electron chi connectivity index (χ4n) is 4.95. The first kappa shape index (κ1) is 27.8. The van der Waals surface area contributed by atoms with Crippen molar-refractivity contribution in [2.75, 3.05) is 13.1 Å². The fraction of sp³-hybridized carbons (Fsp3) is 0.548. The molecule has 196 valence electrons. The second-order valence-corrected chi connectivity index (χ2v) is 12.0. The molecule has 5 nitrogen and oxygen atoms in total. The molecule has 36 heavy (non-hydrogen) atoms. The van der Waals surface area contributed by atoms with E-state index in [9.17, 15) is 14.7 Å². The number of carboxylic acids is 1. The molecule has 1 fully saturated rings. The molecule has 1 heterocycles. The first-order chi connectivity index (χ1) is 16.9. The van der Waals surface area contributed by atoms with Crippen molar-refractivity contribution in [1.82, 2.24) is 9.80 Å². The summed E-state index contributed by atoms with van der Waals surface area (Å²) in [5, 5.41) is 9.37. The van der Waals surface area contributed by atoms with Crippen LogP contribution in [-0.2, 0) is 29.6 Å². The Bertz CT molecular complexity index is 1020. The van der Waals surface area contributed by atoms with Gasteiger partial charge in [0.2, 0.25) is 0 Å². The zero-order valence-corrected chi connectivity index (χ0v) is 23.0. The smallest absolute Gasteiger partial charge is 0.320 e. The number of nitrogens with zero attached hydrogens (tertiary/aromatic N) is 2. The summed E-state index contributed by atoms with van der Waals surface area (Å²) in [7, 11) is 0. The van der Waals surface area contributed by atoms with Gasteiger partial charge in [0, 0.05) is 19.6 Å². The number of carbonyl (C=O) groups excluding carboxylic acids is 1. The SMILES string of the molecule is CCCN1C(=O)N(Cc2ccc(C(C)(C)C)cc2)CC1CCCc1ccc(CC(C)(C)C(=O)O)cc1. The Morgan fingerprint density at radius 3 is 2.08 bits per heavy atom. The first-order valence-electron chi connectivity index (χ1n) is 13.4. The van der Waals surface area contributed by atoms with E-state index in [1.54, 1.807) is 13.8 Å². The van der Waals surface area contributed by atoms with Gasteiger partial charge in [0.15, 0.2) is 0 Å². The molecule has 1 saturated heterocycles. The fourth-order valence-corrected chi connectivity index (χ4v) is 4.95. The summed E-state index contributed by atoms with van der Waals surface area (Å²) in [5.41, 5.74) is 4.16. The van der Waals surface area contributed by atoms with Crippen molar-refractivity contribution in [1.29, 1.82) is 0 Å². The van der Waals surface area contributed by atoms with Gasteiger partial charge in [0.1, 0.15) is 0 Å². The van der Waals surface area contributed by atoms with Gasteiger partial charge in [-0.05, 0) is 73.6 Å². The number of benzene rings is 2. The molecular formula is C31H44N2O3. The molecule has 0 bridgehead atoms. The number of rotatable bonds is 11. The maximum Gasteiger partial charge on any atom is 0.320 e. The molecule has 5 heteroatoms. The van der Waals surface area contributed by atoms with Gasteiger partial charge in [-0.1, -0.05) is 76.2 Å². The molecule has 3 rings (SSSR count). The molecule has 0 saturated carbocycles. The van der Waals surface area contributed by atoms with Crippen LogP contribution in [0.15, 0.2) is 48.5 Å². The van der Waals surface area contributed by atoms with Crippen LogP contribution in [0, 0.1) is 5.41 Å².